The summed E-state index contributed by atoms with van der Waals surface area (Å²) in [6.07, 6.45) is -1.08. The van der Waals surface area contributed by atoms with Crippen LogP contribution in [0.25, 0.3) is 0 Å². The van der Waals surface area contributed by atoms with Gasteiger partial charge in [0.05, 0.1) is 6.54 Å². The van der Waals surface area contributed by atoms with Gasteiger partial charge in [-0.3, -0.25) is 10.1 Å². The fraction of sp³-hybridized carbons (Fsp3) is 0.889. The normalized spacial score (nSPS) is 13.9. The van der Waals surface area contributed by atoms with Crippen LogP contribution >= 0.6 is 0 Å². The van der Waals surface area contributed by atoms with E-state index in [-0.39, 0.29) is 25.6 Å². The van der Waals surface area contributed by atoms with Crippen LogP contribution in [0.4, 0.5) is 4.39 Å². The number of hydrogen-bond donors (Lipinski definition) is 1. The molecule has 0 aromatic rings. The number of ketones is 1. The number of nitrogens with one attached hydrogen (secondary N) is 1. The van der Waals surface area contributed by atoms with Crippen molar-refractivity contribution in [2.75, 3.05) is 6.54 Å². The minimum Gasteiger partial charge on any atom is -0.298 e. The molecule has 12 heavy (non-hydrogen) atoms. The topological polar surface area (TPSA) is 29.1 Å². The number of carbonyl (C=O) groups is 1. The van der Waals surface area contributed by atoms with E-state index < -0.39 is 6.30 Å². The van der Waals surface area contributed by atoms with Gasteiger partial charge in [-0.05, 0) is 5.92 Å². The first-order chi connectivity index (χ1) is 5.45. The number of alkyl halides is 1. The number of halogens is 1. The summed E-state index contributed by atoms with van der Waals surface area (Å²) in [6.45, 7) is 7.31. The molecular weight excluding hydrogens is 157 g/mol. The highest BCUT2D eigenvalue weighted by atomic mass is 19.1. The fourth-order valence-electron chi connectivity index (χ4n) is 0.638. The fourth-order valence-corrected chi connectivity index (χ4v) is 0.638. The SMILES string of the molecule is CC(C)C(=O)CNC(F)C(C)C.[HH]. The van der Waals surface area contributed by atoms with Crippen molar-refractivity contribution in [1.29, 1.82) is 0 Å². The average molecular weight is 177 g/mol. The molecule has 1 unspecified atom stereocenters. The zero-order valence-corrected chi connectivity index (χ0v) is 8.23. The van der Waals surface area contributed by atoms with Gasteiger partial charge in [-0.15, -0.1) is 0 Å². The number of hydrogen-bond acceptors (Lipinski definition) is 2. The maximum Gasteiger partial charge on any atom is 0.153 e. The lowest BCUT2D eigenvalue weighted by Crippen LogP contribution is -2.35. The Kier molecular flexibility index (Phi) is 5.06. The van der Waals surface area contributed by atoms with Crippen LogP contribution in [-0.4, -0.2) is 18.6 Å². The third kappa shape index (κ3) is 4.44. The van der Waals surface area contributed by atoms with Crippen molar-refractivity contribution in [2.24, 2.45) is 11.8 Å². The third-order valence-corrected chi connectivity index (χ3v) is 1.70. The van der Waals surface area contributed by atoms with Crippen LogP contribution in [0.15, 0.2) is 0 Å². The van der Waals surface area contributed by atoms with Crippen LogP contribution in [0.1, 0.15) is 29.1 Å². The molecule has 0 heterocycles. The maximum absolute atomic E-state index is 12.9. The molecule has 2 nitrogen and oxygen atoms in total. The molecule has 3 heteroatoms. The lowest BCUT2D eigenvalue weighted by atomic mass is 10.1. The molecule has 0 rings (SSSR count). The molecule has 0 saturated carbocycles. The standard InChI is InChI=1S/C9H18FNO.H2/c1-6(2)8(12)5-11-9(10)7(3)4;/h6-7,9,11H,5H2,1-4H3;1H. The minimum absolute atomic E-state index is 0. The molecular formula is C9H20FNO. The van der Waals surface area contributed by atoms with E-state index in [0.29, 0.717) is 0 Å². The largest absolute Gasteiger partial charge is 0.298 e. The Hall–Kier alpha value is -0.440. The zero-order chi connectivity index (χ0) is 9.72. The van der Waals surface area contributed by atoms with E-state index in [1.807, 2.05) is 13.8 Å². The van der Waals surface area contributed by atoms with Crippen LogP contribution in [0, 0.1) is 11.8 Å². The summed E-state index contributed by atoms with van der Waals surface area (Å²) in [7, 11) is 0. The summed E-state index contributed by atoms with van der Waals surface area (Å²) in [5.41, 5.74) is 0. The Labute approximate surface area is 75.0 Å². The maximum atomic E-state index is 12.9. The number of Topliss-reactive ketones (excluding diaryl/α,β-unsaturated/α-hetero) is 1. The highest BCUT2D eigenvalue weighted by molar-refractivity contribution is 5.82. The monoisotopic (exact) mass is 177 g/mol. The van der Waals surface area contributed by atoms with Crippen molar-refractivity contribution < 1.29 is 10.6 Å². The predicted molar refractivity (Wildman–Crippen MR) is 49.7 cm³/mol. The van der Waals surface area contributed by atoms with E-state index in [4.69, 9.17) is 0 Å². The first kappa shape index (κ1) is 11.6. The second-order valence-electron chi connectivity index (χ2n) is 3.65. The van der Waals surface area contributed by atoms with Gasteiger partial charge < -0.3 is 0 Å². The first-order valence-electron chi connectivity index (χ1n) is 4.35. The van der Waals surface area contributed by atoms with Gasteiger partial charge in [0, 0.05) is 7.34 Å². The Morgan fingerprint density at radius 1 is 1.42 bits per heavy atom. The number of rotatable bonds is 5. The van der Waals surface area contributed by atoms with Gasteiger partial charge in [0.2, 0.25) is 0 Å². The zero-order valence-electron chi connectivity index (χ0n) is 8.23. The molecule has 1 N–H and O–H groups in total. The molecule has 0 bridgehead atoms. The molecule has 0 aliphatic heterocycles. The van der Waals surface area contributed by atoms with Crippen molar-refractivity contribution in [2.45, 2.75) is 34.0 Å². The van der Waals surface area contributed by atoms with Gasteiger partial charge in [-0.1, -0.05) is 27.7 Å². The molecule has 0 aliphatic rings. The second kappa shape index (κ2) is 5.25. The van der Waals surface area contributed by atoms with Crippen LogP contribution in [0.2, 0.25) is 0 Å². The van der Waals surface area contributed by atoms with Crippen molar-refractivity contribution in [1.82, 2.24) is 5.32 Å². The lowest BCUT2D eigenvalue weighted by molar-refractivity contribution is -0.121. The van der Waals surface area contributed by atoms with E-state index in [0.717, 1.165) is 0 Å². The lowest BCUT2D eigenvalue weighted by Gasteiger charge is -2.13. The Morgan fingerprint density at radius 3 is 2.25 bits per heavy atom. The van der Waals surface area contributed by atoms with Gasteiger partial charge in [-0.2, -0.15) is 0 Å². The number of carbonyl (C=O) groups excluding carboxylic acids is 1. The van der Waals surface area contributed by atoms with Crippen LogP contribution in [-0.2, 0) is 4.79 Å². The minimum atomic E-state index is -1.08. The molecule has 0 fully saturated rings. The van der Waals surface area contributed by atoms with Crippen LogP contribution in [0.5, 0.6) is 0 Å². The van der Waals surface area contributed by atoms with E-state index in [1.54, 1.807) is 13.8 Å². The highest BCUT2D eigenvalue weighted by Gasteiger charge is 2.13. The van der Waals surface area contributed by atoms with Gasteiger partial charge in [0.25, 0.3) is 0 Å². The van der Waals surface area contributed by atoms with E-state index in [1.165, 1.54) is 0 Å². The molecule has 0 spiro atoms. The third-order valence-electron chi connectivity index (χ3n) is 1.70. The van der Waals surface area contributed by atoms with E-state index >= 15 is 0 Å². The summed E-state index contributed by atoms with van der Waals surface area (Å²) >= 11 is 0. The molecule has 0 aromatic carbocycles. The Morgan fingerprint density at radius 2 is 1.92 bits per heavy atom. The highest BCUT2D eigenvalue weighted by Crippen LogP contribution is 2.02. The molecule has 0 saturated heterocycles. The molecule has 0 aromatic heterocycles. The Bertz CT molecular complexity index is 151. The van der Waals surface area contributed by atoms with Crippen molar-refractivity contribution in [3.63, 3.8) is 0 Å². The first-order valence-corrected chi connectivity index (χ1v) is 4.35. The van der Waals surface area contributed by atoms with Crippen LogP contribution < -0.4 is 5.32 Å². The van der Waals surface area contributed by atoms with Crippen molar-refractivity contribution in [3.8, 4) is 0 Å². The van der Waals surface area contributed by atoms with Gasteiger partial charge in [0.1, 0.15) is 5.78 Å². The smallest absolute Gasteiger partial charge is 0.153 e. The van der Waals surface area contributed by atoms with Crippen LogP contribution in [0.3, 0.4) is 0 Å². The average Bonchev–Trinajstić information content (AvgIpc) is 1.98. The molecule has 0 radical (unpaired) electrons. The summed E-state index contributed by atoms with van der Waals surface area (Å²) in [6, 6.07) is 0. The van der Waals surface area contributed by atoms with Crippen molar-refractivity contribution >= 4 is 5.78 Å². The Balaban J connectivity index is 0. The van der Waals surface area contributed by atoms with E-state index in [2.05, 4.69) is 5.32 Å². The van der Waals surface area contributed by atoms with Gasteiger partial charge >= 0.3 is 0 Å². The predicted octanol–water partition coefficient (Wildman–Crippen LogP) is 2.00. The van der Waals surface area contributed by atoms with Crippen molar-refractivity contribution in [3.05, 3.63) is 0 Å². The van der Waals surface area contributed by atoms with Gasteiger partial charge in [0.15, 0.2) is 6.30 Å². The summed E-state index contributed by atoms with van der Waals surface area (Å²) in [5.74, 6) is -0.0416. The summed E-state index contributed by atoms with van der Waals surface area (Å²) in [5, 5.41) is 2.55. The summed E-state index contributed by atoms with van der Waals surface area (Å²) < 4.78 is 12.9. The quantitative estimate of drug-likeness (QED) is 0.651. The van der Waals surface area contributed by atoms with Gasteiger partial charge in [-0.25, -0.2) is 4.39 Å². The molecule has 0 aliphatic carbocycles. The molecule has 1 atom stereocenters. The summed E-state index contributed by atoms with van der Waals surface area (Å²) in [4.78, 5) is 11.0. The molecule has 74 valence electrons. The molecule has 0 amide bonds. The van der Waals surface area contributed by atoms with E-state index in [9.17, 15) is 9.18 Å². The second-order valence-corrected chi connectivity index (χ2v) is 3.65.